The van der Waals surface area contributed by atoms with Crippen LogP contribution in [0.1, 0.15) is 10.4 Å². The third-order valence-electron chi connectivity index (χ3n) is 1.95. The fraction of sp³-hybridized carbons (Fsp3) is 0. The van der Waals surface area contributed by atoms with Gasteiger partial charge in [0.1, 0.15) is 11.6 Å². The van der Waals surface area contributed by atoms with Crippen LogP contribution in [0.4, 0.5) is 4.39 Å². The lowest BCUT2D eigenvalue weighted by molar-refractivity contribution is 0.112. The van der Waals surface area contributed by atoms with Crippen molar-refractivity contribution < 1.29 is 13.9 Å². The van der Waals surface area contributed by atoms with Crippen LogP contribution in [0.25, 0.3) is 0 Å². The summed E-state index contributed by atoms with van der Waals surface area (Å²) in [5.41, 5.74) is 0.456. The molecule has 2 rings (SSSR count). The highest BCUT2D eigenvalue weighted by atomic mass is 79.9. The zero-order valence-electron chi connectivity index (χ0n) is 8.56. The van der Waals surface area contributed by atoms with Crippen LogP contribution in [0.5, 0.6) is 11.6 Å². The first-order chi connectivity index (χ1) is 8.17. The van der Waals surface area contributed by atoms with E-state index in [4.69, 9.17) is 4.74 Å². The number of ether oxygens (including phenoxy) is 1. The van der Waals surface area contributed by atoms with Crippen molar-refractivity contribution in [3.63, 3.8) is 0 Å². The predicted molar refractivity (Wildman–Crippen MR) is 63.8 cm³/mol. The van der Waals surface area contributed by atoms with Crippen LogP contribution in [-0.4, -0.2) is 11.3 Å². The molecule has 0 saturated heterocycles. The Labute approximate surface area is 105 Å². The topological polar surface area (TPSA) is 39.2 Å². The summed E-state index contributed by atoms with van der Waals surface area (Å²) in [5.74, 6) is 0.232. The lowest BCUT2D eigenvalue weighted by Gasteiger charge is -2.05. The summed E-state index contributed by atoms with van der Waals surface area (Å²) in [4.78, 5) is 14.3. The summed E-state index contributed by atoms with van der Waals surface area (Å²) >= 11 is 3.16. The lowest BCUT2D eigenvalue weighted by Crippen LogP contribution is -1.90. The molecule has 5 heteroatoms. The van der Waals surface area contributed by atoms with Gasteiger partial charge in [-0.25, -0.2) is 9.37 Å². The van der Waals surface area contributed by atoms with Gasteiger partial charge in [-0.2, -0.15) is 0 Å². The maximum atomic E-state index is 13.1. The van der Waals surface area contributed by atoms with E-state index in [1.165, 1.54) is 18.3 Å². The minimum absolute atomic E-state index is 0.299. The van der Waals surface area contributed by atoms with Gasteiger partial charge in [-0.3, -0.25) is 4.79 Å². The molecular formula is C12H7BrFNO2. The first-order valence-corrected chi connectivity index (χ1v) is 5.52. The molecule has 0 bridgehead atoms. The first-order valence-electron chi connectivity index (χ1n) is 4.72. The number of rotatable bonds is 3. The lowest BCUT2D eigenvalue weighted by atomic mass is 10.3. The number of pyridine rings is 1. The Hall–Kier alpha value is -1.75. The Morgan fingerprint density at radius 3 is 2.71 bits per heavy atom. The zero-order chi connectivity index (χ0) is 12.3. The van der Waals surface area contributed by atoms with E-state index in [-0.39, 0.29) is 0 Å². The molecule has 0 radical (unpaired) electrons. The predicted octanol–water partition coefficient (Wildman–Crippen LogP) is 3.59. The highest BCUT2D eigenvalue weighted by molar-refractivity contribution is 9.10. The molecule has 1 aromatic heterocycles. The van der Waals surface area contributed by atoms with Gasteiger partial charge < -0.3 is 4.74 Å². The molecule has 0 atom stereocenters. The Morgan fingerprint density at radius 1 is 1.29 bits per heavy atom. The molecule has 1 heterocycles. The Kier molecular flexibility index (Phi) is 3.49. The molecule has 17 heavy (non-hydrogen) atoms. The molecule has 3 nitrogen and oxygen atoms in total. The third-order valence-corrected chi connectivity index (χ3v) is 2.41. The van der Waals surface area contributed by atoms with Crippen LogP contribution in [-0.2, 0) is 0 Å². The van der Waals surface area contributed by atoms with Crippen LogP contribution >= 0.6 is 15.9 Å². The SMILES string of the molecule is O=Cc1ccc(Oc2cc(F)cc(Br)c2)nc1. The molecule has 0 amide bonds. The van der Waals surface area contributed by atoms with Crippen molar-refractivity contribution in [1.82, 2.24) is 4.98 Å². The maximum absolute atomic E-state index is 13.1. The van der Waals surface area contributed by atoms with Crippen molar-refractivity contribution in [2.24, 2.45) is 0 Å². The van der Waals surface area contributed by atoms with E-state index in [2.05, 4.69) is 20.9 Å². The quantitative estimate of drug-likeness (QED) is 0.813. The van der Waals surface area contributed by atoms with Gasteiger partial charge in [-0.1, -0.05) is 15.9 Å². The number of benzene rings is 1. The number of aromatic nitrogens is 1. The molecule has 0 unspecified atom stereocenters. The highest BCUT2D eigenvalue weighted by Crippen LogP contribution is 2.24. The second-order valence-corrected chi connectivity index (χ2v) is 4.17. The number of halogens is 2. The fourth-order valence-corrected chi connectivity index (χ4v) is 1.67. The van der Waals surface area contributed by atoms with E-state index < -0.39 is 5.82 Å². The molecule has 0 spiro atoms. The monoisotopic (exact) mass is 295 g/mol. The van der Waals surface area contributed by atoms with Gasteiger partial charge in [0, 0.05) is 28.4 Å². The number of carbonyl (C=O) groups is 1. The van der Waals surface area contributed by atoms with Crippen molar-refractivity contribution in [2.45, 2.75) is 0 Å². The third kappa shape index (κ3) is 3.10. The van der Waals surface area contributed by atoms with Gasteiger partial charge in [-0.15, -0.1) is 0 Å². The highest BCUT2D eigenvalue weighted by Gasteiger charge is 2.02. The standard InChI is InChI=1S/C12H7BrFNO2/c13-9-3-10(14)5-11(4-9)17-12-2-1-8(7-16)6-15-12/h1-7H. The van der Waals surface area contributed by atoms with Crippen LogP contribution in [0.15, 0.2) is 41.0 Å². The fourth-order valence-electron chi connectivity index (χ4n) is 1.23. The summed E-state index contributed by atoms with van der Waals surface area (Å²) in [6.45, 7) is 0. The van der Waals surface area contributed by atoms with Gasteiger partial charge in [0.05, 0.1) is 0 Å². The molecule has 1 aromatic carbocycles. The summed E-state index contributed by atoms with van der Waals surface area (Å²) in [5, 5.41) is 0. The average molecular weight is 296 g/mol. The normalized spacial score (nSPS) is 10.0. The molecule has 0 N–H and O–H groups in total. The Bertz CT molecular complexity index is 522. The average Bonchev–Trinajstić information content (AvgIpc) is 2.28. The number of hydrogen-bond donors (Lipinski definition) is 0. The van der Waals surface area contributed by atoms with Gasteiger partial charge in [0.25, 0.3) is 0 Å². The van der Waals surface area contributed by atoms with E-state index in [1.54, 1.807) is 18.2 Å². The minimum Gasteiger partial charge on any atom is -0.439 e. The van der Waals surface area contributed by atoms with E-state index in [1.807, 2.05) is 0 Å². The molecule has 86 valence electrons. The maximum Gasteiger partial charge on any atom is 0.219 e. The number of carbonyl (C=O) groups excluding carboxylic acids is 1. The van der Waals surface area contributed by atoms with Crippen molar-refractivity contribution in [3.05, 3.63) is 52.4 Å². The largest absolute Gasteiger partial charge is 0.439 e. The number of aldehydes is 1. The molecule has 0 aliphatic heterocycles. The second kappa shape index (κ2) is 5.05. The van der Waals surface area contributed by atoms with Crippen LogP contribution in [0.2, 0.25) is 0 Å². The first kappa shape index (κ1) is 11.7. The molecule has 2 aromatic rings. The smallest absolute Gasteiger partial charge is 0.219 e. The molecular weight excluding hydrogens is 289 g/mol. The van der Waals surface area contributed by atoms with E-state index in [0.717, 1.165) is 0 Å². The van der Waals surface area contributed by atoms with Gasteiger partial charge in [0.15, 0.2) is 6.29 Å². The van der Waals surface area contributed by atoms with Crippen molar-refractivity contribution >= 4 is 22.2 Å². The molecule has 0 aliphatic carbocycles. The zero-order valence-corrected chi connectivity index (χ0v) is 10.1. The van der Waals surface area contributed by atoms with Crippen LogP contribution in [0, 0.1) is 5.82 Å². The summed E-state index contributed by atoms with van der Waals surface area (Å²) in [6, 6.07) is 7.32. The van der Waals surface area contributed by atoms with Crippen LogP contribution in [0.3, 0.4) is 0 Å². The van der Waals surface area contributed by atoms with Gasteiger partial charge in [-0.05, 0) is 18.2 Å². The minimum atomic E-state index is -0.404. The van der Waals surface area contributed by atoms with Crippen molar-refractivity contribution in [1.29, 1.82) is 0 Å². The van der Waals surface area contributed by atoms with Gasteiger partial charge >= 0.3 is 0 Å². The number of nitrogens with zero attached hydrogens (tertiary/aromatic N) is 1. The van der Waals surface area contributed by atoms with Crippen molar-refractivity contribution in [2.75, 3.05) is 0 Å². The Morgan fingerprint density at radius 2 is 2.12 bits per heavy atom. The van der Waals surface area contributed by atoms with E-state index in [0.29, 0.717) is 28.0 Å². The van der Waals surface area contributed by atoms with Crippen molar-refractivity contribution in [3.8, 4) is 11.6 Å². The molecule has 0 fully saturated rings. The van der Waals surface area contributed by atoms with E-state index in [9.17, 15) is 9.18 Å². The molecule has 0 aliphatic rings. The second-order valence-electron chi connectivity index (χ2n) is 3.25. The Balaban J connectivity index is 2.21. The summed E-state index contributed by atoms with van der Waals surface area (Å²) < 4.78 is 19.0. The molecule has 0 saturated carbocycles. The van der Waals surface area contributed by atoms with Crippen LogP contribution < -0.4 is 4.74 Å². The summed E-state index contributed by atoms with van der Waals surface area (Å²) in [6.07, 6.45) is 2.08. The van der Waals surface area contributed by atoms with E-state index >= 15 is 0 Å². The number of hydrogen-bond acceptors (Lipinski definition) is 3. The van der Waals surface area contributed by atoms with Gasteiger partial charge in [0.2, 0.25) is 5.88 Å². The summed E-state index contributed by atoms with van der Waals surface area (Å²) in [7, 11) is 0.